The van der Waals surface area contributed by atoms with Gasteiger partial charge in [0.2, 0.25) is 0 Å². The molecule has 2 aromatic carbocycles. The fourth-order valence-electron chi connectivity index (χ4n) is 2.08. The maximum atomic E-state index is 12.4. The highest BCUT2D eigenvalue weighted by molar-refractivity contribution is 6.06. The van der Waals surface area contributed by atoms with Crippen molar-refractivity contribution in [3.63, 3.8) is 0 Å². The van der Waals surface area contributed by atoms with Gasteiger partial charge in [0.15, 0.2) is 0 Å². The van der Waals surface area contributed by atoms with E-state index in [1.165, 1.54) is 0 Å². The van der Waals surface area contributed by atoms with Gasteiger partial charge in [0, 0.05) is 17.7 Å². The van der Waals surface area contributed by atoms with E-state index < -0.39 is 0 Å². The largest absolute Gasteiger partial charge is 0.352 e. The van der Waals surface area contributed by atoms with Crippen molar-refractivity contribution in [2.45, 2.75) is 13.8 Å². The molecule has 0 heterocycles. The second-order valence-corrected chi connectivity index (χ2v) is 5.80. The normalized spacial score (nSPS) is 10.1. The number of carbonyl (C=O) groups is 2. The summed E-state index contributed by atoms with van der Waals surface area (Å²) in [7, 11) is 0. The van der Waals surface area contributed by atoms with Crippen LogP contribution in [0.5, 0.6) is 0 Å². The Balaban J connectivity index is 2.14. The standard InChI is InChI=1S/C19H19N3O2/c1-13(2)12-21-18(23)14-7-5-8-15(10-14)19(24)22-17-9-4-3-6-16(17)11-20/h3-10,13H,12H2,1-2H3,(H,21,23)(H,22,24). The van der Waals surface area contributed by atoms with E-state index in [1.807, 2.05) is 19.9 Å². The van der Waals surface area contributed by atoms with Gasteiger partial charge in [0.05, 0.1) is 11.3 Å². The predicted octanol–water partition coefficient (Wildman–Crippen LogP) is 3.20. The van der Waals surface area contributed by atoms with Crippen molar-refractivity contribution in [2.75, 3.05) is 11.9 Å². The van der Waals surface area contributed by atoms with Gasteiger partial charge in [-0.2, -0.15) is 5.26 Å². The second-order valence-electron chi connectivity index (χ2n) is 5.80. The minimum Gasteiger partial charge on any atom is -0.352 e. The summed E-state index contributed by atoms with van der Waals surface area (Å²) in [5, 5.41) is 14.6. The third-order valence-electron chi connectivity index (χ3n) is 3.35. The van der Waals surface area contributed by atoms with Gasteiger partial charge in [0.1, 0.15) is 6.07 Å². The quantitative estimate of drug-likeness (QED) is 0.887. The van der Waals surface area contributed by atoms with Crippen LogP contribution in [-0.4, -0.2) is 18.4 Å². The summed E-state index contributed by atoms with van der Waals surface area (Å²) >= 11 is 0. The molecule has 0 atom stereocenters. The first kappa shape index (κ1) is 17.2. The van der Waals surface area contributed by atoms with Crippen molar-refractivity contribution in [1.82, 2.24) is 5.32 Å². The predicted molar refractivity (Wildman–Crippen MR) is 92.7 cm³/mol. The summed E-state index contributed by atoms with van der Waals surface area (Å²) in [5.74, 6) is -0.227. The monoisotopic (exact) mass is 321 g/mol. The van der Waals surface area contributed by atoms with E-state index in [2.05, 4.69) is 10.6 Å². The molecular weight excluding hydrogens is 302 g/mol. The summed E-state index contributed by atoms with van der Waals surface area (Å²) < 4.78 is 0. The molecule has 0 aromatic heterocycles. The lowest BCUT2D eigenvalue weighted by molar-refractivity contribution is 0.0949. The van der Waals surface area contributed by atoms with Crippen LogP contribution < -0.4 is 10.6 Å². The Labute approximate surface area is 141 Å². The van der Waals surface area contributed by atoms with Crippen LogP contribution in [0.15, 0.2) is 48.5 Å². The number of nitriles is 1. The molecule has 0 saturated heterocycles. The van der Waals surface area contributed by atoms with E-state index in [-0.39, 0.29) is 11.8 Å². The van der Waals surface area contributed by atoms with Crippen molar-refractivity contribution in [3.8, 4) is 6.07 Å². The molecule has 0 saturated carbocycles. The maximum absolute atomic E-state index is 12.4. The molecule has 0 fully saturated rings. The van der Waals surface area contributed by atoms with Gasteiger partial charge >= 0.3 is 0 Å². The fourth-order valence-corrected chi connectivity index (χ4v) is 2.08. The van der Waals surface area contributed by atoms with Crippen molar-refractivity contribution in [1.29, 1.82) is 5.26 Å². The first-order chi connectivity index (χ1) is 11.5. The number of benzene rings is 2. The zero-order valence-electron chi connectivity index (χ0n) is 13.7. The number of nitrogens with one attached hydrogen (secondary N) is 2. The summed E-state index contributed by atoms with van der Waals surface area (Å²) in [4.78, 5) is 24.5. The summed E-state index contributed by atoms with van der Waals surface area (Å²) in [6.45, 7) is 4.60. The molecule has 2 aromatic rings. The Morgan fingerprint density at radius 2 is 1.71 bits per heavy atom. The Morgan fingerprint density at radius 1 is 1.04 bits per heavy atom. The molecular formula is C19H19N3O2. The van der Waals surface area contributed by atoms with Gasteiger partial charge in [-0.3, -0.25) is 9.59 Å². The van der Waals surface area contributed by atoms with E-state index in [0.717, 1.165) is 0 Å². The molecule has 0 aliphatic rings. The van der Waals surface area contributed by atoms with Crippen molar-refractivity contribution >= 4 is 17.5 Å². The van der Waals surface area contributed by atoms with Crippen LogP contribution in [0.25, 0.3) is 0 Å². The lowest BCUT2D eigenvalue weighted by Gasteiger charge is -2.10. The van der Waals surface area contributed by atoms with Crippen LogP contribution in [-0.2, 0) is 0 Å². The van der Waals surface area contributed by atoms with Crippen molar-refractivity contribution in [2.24, 2.45) is 5.92 Å². The molecule has 122 valence electrons. The molecule has 0 bridgehead atoms. The minimum absolute atomic E-state index is 0.212. The van der Waals surface area contributed by atoms with Gasteiger partial charge in [-0.15, -0.1) is 0 Å². The van der Waals surface area contributed by atoms with Gasteiger partial charge in [0.25, 0.3) is 11.8 Å². The van der Waals surface area contributed by atoms with Crippen LogP contribution in [0.3, 0.4) is 0 Å². The van der Waals surface area contributed by atoms with E-state index in [0.29, 0.717) is 34.8 Å². The highest BCUT2D eigenvalue weighted by Crippen LogP contribution is 2.15. The van der Waals surface area contributed by atoms with Crippen LogP contribution in [0.4, 0.5) is 5.69 Å². The lowest BCUT2D eigenvalue weighted by atomic mass is 10.1. The summed E-state index contributed by atoms with van der Waals surface area (Å²) in [6, 6.07) is 15.3. The van der Waals surface area contributed by atoms with Gasteiger partial charge in [-0.25, -0.2) is 0 Å². The molecule has 2 N–H and O–H groups in total. The molecule has 0 unspecified atom stereocenters. The molecule has 0 aliphatic carbocycles. The first-order valence-corrected chi connectivity index (χ1v) is 7.70. The zero-order valence-corrected chi connectivity index (χ0v) is 13.7. The third kappa shape index (κ3) is 4.43. The number of anilines is 1. The molecule has 2 rings (SSSR count). The van der Waals surface area contributed by atoms with Crippen LogP contribution in [0.1, 0.15) is 40.1 Å². The number of hydrogen-bond donors (Lipinski definition) is 2. The molecule has 24 heavy (non-hydrogen) atoms. The van der Waals surface area contributed by atoms with Crippen LogP contribution >= 0.6 is 0 Å². The van der Waals surface area contributed by atoms with Gasteiger partial charge in [-0.1, -0.05) is 32.0 Å². The Hall–Kier alpha value is -3.13. The molecule has 0 radical (unpaired) electrons. The van der Waals surface area contributed by atoms with E-state index >= 15 is 0 Å². The topological polar surface area (TPSA) is 82.0 Å². The maximum Gasteiger partial charge on any atom is 0.255 e. The Bertz CT molecular complexity index is 791. The molecule has 0 aliphatic heterocycles. The highest BCUT2D eigenvalue weighted by atomic mass is 16.2. The number of para-hydroxylation sites is 1. The van der Waals surface area contributed by atoms with Crippen LogP contribution in [0.2, 0.25) is 0 Å². The Kier molecular flexibility index (Phi) is 5.69. The average molecular weight is 321 g/mol. The zero-order chi connectivity index (χ0) is 17.5. The second kappa shape index (κ2) is 7.93. The van der Waals surface area contributed by atoms with Gasteiger partial charge < -0.3 is 10.6 Å². The number of hydrogen-bond acceptors (Lipinski definition) is 3. The number of rotatable bonds is 5. The minimum atomic E-state index is -0.365. The van der Waals surface area contributed by atoms with Crippen LogP contribution in [0, 0.1) is 17.2 Å². The lowest BCUT2D eigenvalue weighted by Crippen LogP contribution is -2.27. The molecule has 5 nitrogen and oxygen atoms in total. The Morgan fingerprint density at radius 3 is 2.38 bits per heavy atom. The smallest absolute Gasteiger partial charge is 0.255 e. The summed E-state index contributed by atoms with van der Waals surface area (Å²) in [6.07, 6.45) is 0. The molecule has 0 spiro atoms. The van der Waals surface area contributed by atoms with Crippen molar-refractivity contribution < 1.29 is 9.59 Å². The highest BCUT2D eigenvalue weighted by Gasteiger charge is 2.12. The number of carbonyl (C=O) groups excluding carboxylic acids is 2. The summed E-state index contributed by atoms with van der Waals surface area (Å²) in [5.41, 5.74) is 1.62. The van der Waals surface area contributed by atoms with E-state index in [1.54, 1.807) is 48.5 Å². The van der Waals surface area contributed by atoms with Crippen molar-refractivity contribution in [3.05, 3.63) is 65.2 Å². The third-order valence-corrected chi connectivity index (χ3v) is 3.35. The molecule has 2 amide bonds. The average Bonchev–Trinajstić information content (AvgIpc) is 2.60. The first-order valence-electron chi connectivity index (χ1n) is 7.70. The van der Waals surface area contributed by atoms with Gasteiger partial charge in [-0.05, 0) is 36.2 Å². The SMILES string of the molecule is CC(C)CNC(=O)c1cccc(C(=O)Nc2ccccc2C#N)c1. The number of amides is 2. The fraction of sp³-hybridized carbons (Fsp3) is 0.211. The molecule has 5 heteroatoms. The van der Waals surface area contributed by atoms with E-state index in [9.17, 15) is 9.59 Å². The van der Waals surface area contributed by atoms with E-state index in [4.69, 9.17) is 5.26 Å². The number of nitrogens with zero attached hydrogens (tertiary/aromatic N) is 1.